The van der Waals surface area contributed by atoms with Crippen molar-refractivity contribution in [1.82, 2.24) is 9.80 Å². The predicted octanol–water partition coefficient (Wildman–Crippen LogP) is 7.74. The molecule has 0 spiro atoms. The third-order valence-corrected chi connectivity index (χ3v) is 11.0. The second-order valence-corrected chi connectivity index (χ2v) is 14.1. The van der Waals surface area contributed by atoms with Crippen molar-refractivity contribution in [3.8, 4) is 5.75 Å². The van der Waals surface area contributed by atoms with Gasteiger partial charge >= 0.3 is 0 Å². The van der Waals surface area contributed by atoms with Crippen molar-refractivity contribution in [3.63, 3.8) is 0 Å². The number of amides is 1. The van der Waals surface area contributed by atoms with Crippen molar-refractivity contribution in [1.29, 1.82) is 0 Å². The lowest BCUT2D eigenvalue weighted by Gasteiger charge is -2.34. The van der Waals surface area contributed by atoms with Crippen LogP contribution < -0.4 is 4.74 Å². The van der Waals surface area contributed by atoms with Crippen LogP contribution in [0, 0.1) is 0 Å². The number of methoxy groups -OCH3 is 1. The molecular formula is C35H42Cl2N2O3S. The molecule has 8 heteroatoms. The number of ether oxygens (including phenoxy) is 1. The number of likely N-dealkylation sites (N-methyl/N-ethyl adjacent to an activating group) is 1. The topological polar surface area (TPSA) is 55.8 Å². The van der Waals surface area contributed by atoms with E-state index in [0.717, 1.165) is 80.6 Å². The van der Waals surface area contributed by atoms with Crippen molar-refractivity contribution < 1.29 is 14.1 Å². The van der Waals surface area contributed by atoms with E-state index in [1.165, 1.54) is 11.1 Å². The van der Waals surface area contributed by atoms with Gasteiger partial charge in [0.05, 0.1) is 22.7 Å². The highest BCUT2D eigenvalue weighted by Crippen LogP contribution is 2.35. The summed E-state index contributed by atoms with van der Waals surface area (Å²) in [5.74, 6) is 1.18. The Morgan fingerprint density at radius 3 is 2.53 bits per heavy atom. The van der Waals surface area contributed by atoms with Gasteiger partial charge in [-0.25, -0.2) is 0 Å². The molecule has 2 aliphatic rings. The van der Waals surface area contributed by atoms with Crippen LogP contribution >= 0.6 is 23.2 Å². The van der Waals surface area contributed by atoms with Gasteiger partial charge in [0.2, 0.25) is 0 Å². The number of benzene rings is 3. The summed E-state index contributed by atoms with van der Waals surface area (Å²) in [5.41, 5.74) is 5.44. The zero-order chi connectivity index (χ0) is 30.5. The average molecular weight is 642 g/mol. The molecule has 0 radical (unpaired) electrons. The molecule has 43 heavy (non-hydrogen) atoms. The number of hydrogen-bond donors (Lipinski definition) is 0. The third kappa shape index (κ3) is 7.54. The Morgan fingerprint density at radius 1 is 1.07 bits per heavy atom. The molecule has 3 aromatic carbocycles. The first-order valence-electron chi connectivity index (χ1n) is 15.3. The van der Waals surface area contributed by atoms with Crippen LogP contribution in [0.3, 0.4) is 0 Å². The second kappa shape index (κ2) is 14.7. The normalized spacial score (nSPS) is 17.3. The van der Waals surface area contributed by atoms with Crippen molar-refractivity contribution in [2.75, 3.05) is 46.6 Å². The Hall–Kier alpha value is -2.22. The van der Waals surface area contributed by atoms with E-state index < -0.39 is 11.2 Å². The number of fused-ring (bicyclic) bond motifs is 1. The zero-order valence-corrected chi connectivity index (χ0v) is 27.7. The fraction of sp³-hybridized carbons (Fsp3) is 0.457. The third-order valence-electron chi connectivity index (χ3n) is 9.23. The molecule has 5 rings (SSSR count). The molecule has 0 N–H and O–H groups in total. The van der Waals surface area contributed by atoms with Crippen molar-refractivity contribution in [2.24, 2.45) is 0 Å². The van der Waals surface area contributed by atoms with Crippen LogP contribution in [0.4, 0.5) is 0 Å². The van der Waals surface area contributed by atoms with Crippen LogP contribution in [0.5, 0.6) is 5.75 Å². The number of carbonyl (C=O) groups is 1. The number of piperidine rings is 1. The van der Waals surface area contributed by atoms with Gasteiger partial charge < -0.3 is 19.1 Å². The summed E-state index contributed by atoms with van der Waals surface area (Å²) in [6.07, 6.45) is 8.91. The first-order valence-corrected chi connectivity index (χ1v) is 17.6. The molecule has 1 fully saturated rings. The molecule has 5 nitrogen and oxygen atoms in total. The molecule has 230 valence electrons. The van der Waals surface area contributed by atoms with E-state index in [1.54, 1.807) is 13.4 Å². The van der Waals surface area contributed by atoms with Crippen LogP contribution in [-0.4, -0.2) is 66.9 Å². The van der Waals surface area contributed by atoms with E-state index in [1.807, 2.05) is 48.3 Å². The van der Waals surface area contributed by atoms with Gasteiger partial charge in [-0.1, -0.05) is 53.5 Å². The summed E-state index contributed by atoms with van der Waals surface area (Å²) in [4.78, 5) is 19.3. The van der Waals surface area contributed by atoms with Crippen molar-refractivity contribution in [3.05, 3.63) is 92.5 Å². The van der Waals surface area contributed by atoms with Crippen molar-refractivity contribution >= 4 is 40.3 Å². The van der Waals surface area contributed by atoms with E-state index >= 15 is 0 Å². The fourth-order valence-electron chi connectivity index (χ4n) is 6.83. The van der Waals surface area contributed by atoms with Gasteiger partial charge in [-0.3, -0.25) is 4.79 Å². The Bertz CT molecular complexity index is 1420. The van der Waals surface area contributed by atoms with Crippen LogP contribution in [0.1, 0.15) is 76.6 Å². The van der Waals surface area contributed by atoms with Gasteiger partial charge in [0, 0.05) is 25.1 Å². The van der Waals surface area contributed by atoms with Crippen LogP contribution in [-0.2, 0) is 24.0 Å². The molecule has 1 amide bonds. The summed E-state index contributed by atoms with van der Waals surface area (Å²) in [6, 6.07) is 18.1. The highest BCUT2D eigenvalue weighted by Gasteiger charge is 2.29. The molecule has 1 unspecified atom stereocenters. The molecule has 0 bridgehead atoms. The molecule has 3 aromatic rings. The highest BCUT2D eigenvalue weighted by molar-refractivity contribution is 7.90. The highest BCUT2D eigenvalue weighted by atomic mass is 35.5. The van der Waals surface area contributed by atoms with E-state index in [0.29, 0.717) is 33.8 Å². The summed E-state index contributed by atoms with van der Waals surface area (Å²) in [6.45, 7) is 3.47. The van der Waals surface area contributed by atoms with Crippen LogP contribution in [0.2, 0.25) is 10.0 Å². The number of hydrogen-bond acceptors (Lipinski definition) is 4. The Morgan fingerprint density at radius 2 is 1.81 bits per heavy atom. The first-order chi connectivity index (χ1) is 20.8. The lowest BCUT2D eigenvalue weighted by atomic mass is 9.87. The summed E-state index contributed by atoms with van der Waals surface area (Å²) in [7, 11) is 3.54. The number of halogens is 2. The fourth-order valence-corrected chi connectivity index (χ4v) is 7.97. The van der Waals surface area contributed by atoms with Crippen LogP contribution in [0.25, 0.3) is 0 Å². The van der Waals surface area contributed by atoms with E-state index in [2.05, 4.69) is 23.1 Å². The first kappa shape index (κ1) is 32.2. The smallest absolute Gasteiger partial charge is 0.257 e. The minimum absolute atomic E-state index is 0.00783. The van der Waals surface area contributed by atoms with E-state index in [-0.39, 0.29) is 11.8 Å². The maximum atomic E-state index is 14.0. The SMILES string of the molecule is COc1ccc2c(c1C(=O)N(C)C[C@@H](CCN1CCC(c3ccccc3[S+](C)[O-])CC1)c1ccc(Cl)c(Cl)c1)CCCC2. The summed E-state index contributed by atoms with van der Waals surface area (Å²) < 4.78 is 18.0. The second-order valence-electron chi connectivity index (χ2n) is 11.9. The van der Waals surface area contributed by atoms with Gasteiger partial charge in [0.25, 0.3) is 5.91 Å². The van der Waals surface area contributed by atoms with Gasteiger partial charge in [-0.2, -0.15) is 0 Å². The lowest BCUT2D eigenvalue weighted by Crippen LogP contribution is -2.36. The number of carbonyl (C=O) groups excluding carboxylic acids is 1. The average Bonchev–Trinajstić information content (AvgIpc) is 3.03. The molecule has 1 aliphatic heterocycles. The lowest BCUT2D eigenvalue weighted by molar-refractivity contribution is 0.0777. The largest absolute Gasteiger partial charge is 0.612 e. The standard InChI is InChI=1S/C35H42Cl2N2O3S/c1-38(35(40)34-29-10-5-4-8-24(29)13-15-32(34)42-2)23-27(26-12-14-30(36)31(37)22-26)18-21-39-19-16-25(17-20-39)28-9-6-7-11-33(28)43(3)41/h6-7,9,11-15,22,25,27H,4-5,8,10,16-21,23H2,1-3H3/t27-,43?/m1/s1. The van der Waals surface area contributed by atoms with E-state index in [9.17, 15) is 9.35 Å². The number of aryl methyl sites for hydroxylation is 1. The van der Waals surface area contributed by atoms with Crippen molar-refractivity contribution in [2.45, 2.75) is 61.7 Å². The number of rotatable bonds is 10. The molecule has 2 atom stereocenters. The minimum Gasteiger partial charge on any atom is -0.612 e. The Kier molecular flexibility index (Phi) is 11.0. The van der Waals surface area contributed by atoms with Gasteiger partial charge in [-0.05, 0) is 123 Å². The van der Waals surface area contributed by atoms with Crippen LogP contribution in [0.15, 0.2) is 59.5 Å². The molecular weight excluding hydrogens is 599 g/mol. The van der Waals surface area contributed by atoms with Gasteiger partial charge in [0.15, 0.2) is 4.90 Å². The number of likely N-dealkylation sites (tertiary alicyclic amines) is 1. The monoisotopic (exact) mass is 640 g/mol. The maximum absolute atomic E-state index is 14.0. The quantitative estimate of drug-likeness (QED) is 0.213. The molecule has 0 saturated carbocycles. The van der Waals surface area contributed by atoms with Gasteiger partial charge in [-0.15, -0.1) is 0 Å². The Balaban J connectivity index is 1.29. The summed E-state index contributed by atoms with van der Waals surface area (Å²) >= 11 is 11.8. The Labute approximate surface area is 269 Å². The van der Waals surface area contributed by atoms with Gasteiger partial charge in [0.1, 0.15) is 12.0 Å². The maximum Gasteiger partial charge on any atom is 0.257 e. The number of nitrogens with zero attached hydrogens (tertiary/aromatic N) is 2. The molecule has 1 saturated heterocycles. The molecule has 1 heterocycles. The molecule has 0 aromatic heterocycles. The minimum atomic E-state index is -0.986. The summed E-state index contributed by atoms with van der Waals surface area (Å²) in [5, 5.41) is 1.06. The predicted molar refractivity (Wildman–Crippen MR) is 178 cm³/mol. The molecule has 1 aliphatic carbocycles. The van der Waals surface area contributed by atoms with E-state index in [4.69, 9.17) is 27.9 Å². The zero-order valence-electron chi connectivity index (χ0n) is 25.4.